The second-order valence-electron chi connectivity index (χ2n) is 24.7. The smallest absolute Gasteiger partial charge is 0.656 e. The first-order chi connectivity index (χ1) is 47.5. The first-order valence-corrected chi connectivity index (χ1v) is 31.9. The van der Waals surface area contributed by atoms with E-state index in [1.54, 1.807) is 0 Å². The molecule has 8 heterocycles. The van der Waals surface area contributed by atoms with Crippen molar-refractivity contribution in [2.75, 3.05) is 0 Å². The number of nitrogens with zero attached hydrogens (tertiary/aromatic N) is 12. The van der Waals surface area contributed by atoms with Crippen LogP contribution in [-0.4, -0.2) is 49.8 Å². The fourth-order valence-corrected chi connectivity index (χ4v) is 14.7. The first kappa shape index (κ1) is 54.9. The number of aromatic nitrogens is 12. The van der Waals surface area contributed by atoms with Crippen molar-refractivity contribution in [2.45, 2.75) is 0 Å². The molecule has 1 aliphatic carbocycles. The molecule has 450 valence electrons. The molecule has 12 nitrogen and oxygen atoms in total. The van der Waals surface area contributed by atoms with Gasteiger partial charge in [-0.25, -0.2) is 29.9 Å². The Morgan fingerprint density at radius 2 is 0.402 bits per heavy atom. The standard InChI is InChI=1S/C84H44N12.Pt/c1-2-18-46-34-54-53(33-45(46)17-1)77-73(69-41-85-61-25-9-13-29-65(61)89-69)79-55-35-47-19-3-4-20-48(47)36-56(55)81(94-79)75(71-43-87-63-27-11-15-31-67(63)91-71)83-59-39-51-23-7-8-24-52(51)40-60(59)84(96-83)76(72-44-88-64-28-12-16-32-68(64)92-72)82-58-38-50-22-6-5-21-49(50)37-57(58)80(95-82)74(78(54)93-77)70-42-86-62-26-10-14-30-66(62)90-70;/h1-44H;/q-2;+2. The molecule has 3 aliphatic rings. The second kappa shape index (κ2) is 21.2. The summed E-state index contributed by atoms with van der Waals surface area (Å²) in [6.45, 7) is 0. The van der Waals surface area contributed by atoms with Gasteiger partial charge in [0.1, 0.15) is 0 Å². The second-order valence-corrected chi connectivity index (χ2v) is 24.7. The van der Waals surface area contributed by atoms with E-state index in [0.717, 1.165) is 131 Å². The summed E-state index contributed by atoms with van der Waals surface area (Å²) in [5.74, 6) is 0. The van der Waals surface area contributed by atoms with Crippen molar-refractivity contribution in [2.24, 2.45) is 0 Å². The third-order valence-corrected chi connectivity index (χ3v) is 19.2. The fourth-order valence-electron chi connectivity index (χ4n) is 14.7. The molecule has 0 amide bonds. The van der Waals surface area contributed by atoms with Crippen molar-refractivity contribution in [3.05, 3.63) is 267 Å². The SMILES string of the molecule is [Pt+2].c1ccc2cc3c(cc2c1)-c1nc-3c(-c2cnc3ccccc3n2)c2[n-]c(c(-c3cnc4ccccc4n3)c3nc(c(-c4cnc5ccccc5n4)c4[n-]c(c1-c1cnc5ccccc5n1)c1cc5ccccc5cc41)-c1cc4ccccc4cc1-3)c1cc3ccccc3cc21. The molecule has 97 heavy (non-hydrogen) atoms. The normalized spacial score (nSPS) is 12.0. The summed E-state index contributed by atoms with van der Waals surface area (Å²) < 4.78 is 0. The Kier molecular flexibility index (Phi) is 12.0. The van der Waals surface area contributed by atoms with E-state index in [1.165, 1.54) is 0 Å². The zero-order valence-corrected chi connectivity index (χ0v) is 53.4. The van der Waals surface area contributed by atoms with E-state index in [4.69, 9.17) is 59.8 Å². The molecule has 0 radical (unpaired) electrons. The Morgan fingerprint density at radius 3 is 0.629 bits per heavy atom. The molecule has 0 saturated heterocycles. The average Bonchev–Trinajstić information content (AvgIpc) is 1.56. The third kappa shape index (κ3) is 8.46. The van der Waals surface area contributed by atoms with E-state index in [2.05, 4.69) is 146 Å². The molecule has 12 aromatic carbocycles. The molecule has 0 N–H and O–H groups in total. The molecule has 21 rings (SSSR count). The molecule has 6 aromatic heterocycles. The van der Waals surface area contributed by atoms with E-state index in [0.29, 0.717) is 89.9 Å². The van der Waals surface area contributed by atoms with Crippen molar-refractivity contribution in [3.63, 3.8) is 0 Å². The predicted molar refractivity (Wildman–Crippen MR) is 387 cm³/mol. The maximum atomic E-state index is 6.17. The number of fused-ring (bicyclic) bond motifs is 8. The molecule has 0 spiro atoms. The van der Waals surface area contributed by atoms with Crippen LogP contribution in [0.5, 0.6) is 0 Å². The largest absolute Gasteiger partial charge is 2.00 e. The Bertz CT molecular complexity index is 6070. The zero-order chi connectivity index (χ0) is 62.7. The van der Waals surface area contributed by atoms with Crippen molar-refractivity contribution < 1.29 is 21.1 Å². The molecule has 0 fully saturated rings. The van der Waals surface area contributed by atoms with Crippen molar-refractivity contribution in [1.29, 1.82) is 0 Å². The summed E-state index contributed by atoms with van der Waals surface area (Å²) in [5.41, 5.74) is 19.6. The van der Waals surface area contributed by atoms with E-state index in [1.807, 2.05) is 122 Å². The van der Waals surface area contributed by atoms with Crippen LogP contribution < -0.4 is 9.97 Å². The summed E-state index contributed by atoms with van der Waals surface area (Å²) in [6, 6.07) is 84.0. The van der Waals surface area contributed by atoms with Gasteiger partial charge in [0.2, 0.25) is 0 Å². The van der Waals surface area contributed by atoms with Crippen LogP contribution in [0.25, 0.3) is 221 Å². The number of hydrogen-bond donors (Lipinski definition) is 0. The van der Waals surface area contributed by atoms with Gasteiger partial charge in [0.25, 0.3) is 0 Å². The van der Waals surface area contributed by atoms with Gasteiger partial charge in [-0.2, -0.15) is 0 Å². The van der Waals surface area contributed by atoms with Crippen molar-refractivity contribution >= 4 is 131 Å². The number of rotatable bonds is 4. The molecular formula is C84H44N12Pt. The minimum absolute atomic E-state index is 0. The van der Waals surface area contributed by atoms with E-state index >= 15 is 0 Å². The zero-order valence-electron chi connectivity index (χ0n) is 51.1. The summed E-state index contributed by atoms with van der Waals surface area (Å²) in [6.07, 6.45) is 7.49. The quantitative estimate of drug-likeness (QED) is 0.165. The van der Waals surface area contributed by atoms with Crippen molar-refractivity contribution in [1.82, 2.24) is 59.8 Å². The van der Waals surface area contributed by atoms with Crippen LogP contribution >= 0.6 is 0 Å². The van der Waals surface area contributed by atoms with Gasteiger partial charge in [-0.3, -0.25) is 19.9 Å². The van der Waals surface area contributed by atoms with Crippen molar-refractivity contribution in [3.8, 4) is 90.1 Å². The van der Waals surface area contributed by atoms with Gasteiger partial charge in [0.05, 0.1) is 114 Å². The molecule has 0 saturated carbocycles. The molecule has 18 aromatic rings. The number of benzene rings is 12. The average molecular weight is 1420 g/mol. The van der Waals surface area contributed by atoms with Gasteiger partial charge in [-0.1, -0.05) is 146 Å². The van der Waals surface area contributed by atoms with Gasteiger partial charge in [-0.05, 0) is 162 Å². The summed E-state index contributed by atoms with van der Waals surface area (Å²) in [7, 11) is 0. The van der Waals surface area contributed by atoms with Crippen LogP contribution in [0, 0.1) is 0 Å². The molecule has 8 bridgehead atoms. The Balaban J connectivity index is 0.00000641. The predicted octanol–water partition coefficient (Wildman–Crippen LogP) is 19.6. The maximum Gasteiger partial charge on any atom is 2.00 e. The number of para-hydroxylation sites is 8. The first-order valence-electron chi connectivity index (χ1n) is 31.9. The van der Waals surface area contributed by atoms with Gasteiger partial charge in [0.15, 0.2) is 0 Å². The summed E-state index contributed by atoms with van der Waals surface area (Å²) in [4.78, 5) is 67.9. The van der Waals surface area contributed by atoms with Crippen LogP contribution in [0.3, 0.4) is 0 Å². The third-order valence-electron chi connectivity index (χ3n) is 19.2. The molecule has 13 heteroatoms. The Hall–Kier alpha value is -12.6. The van der Waals surface area contributed by atoms with Crippen LogP contribution in [0.15, 0.2) is 267 Å². The van der Waals surface area contributed by atoms with E-state index in [9.17, 15) is 0 Å². The van der Waals surface area contributed by atoms with Crippen LogP contribution in [0.1, 0.15) is 0 Å². The van der Waals surface area contributed by atoms with Gasteiger partial charge in [0, 0.05) is 44.5 Å². The van der Waals surface area contributed by atoms with Gasteiger partial charge < -0.3 is 9.97 Å². The van der Waals surface area contributed by atoms with E-state index < -0.39 is 0 Å². The molecular weight excluding hydrogens is 1370 g/mol. The molecule has 2 aliphatic heterocycles. The summed E-state index contributed by atoms with van der Waals surface area (Å²) in [5, 5.41) is 11.7. The summed E-state index contributed by atoms with van der Waals surface area (Å²) >= 11 is 0. The van der Waals surface area contributed by atoms with Crippen LogP contribution in [0.4, 0.5) is 0 Å². The van der Waals surface area contributed by atoms with Crippen LogP contribution in [-0.2, 0) is 21.1 Å². The van der Waals surface area contributed by atoms with E-state index in [-0.39, 0.29) is 21.1 Å². The Labute approximate surface area is 565 Å². The molecule has 0 atom stereocenters. The monoisotopic (exact) mass is 1420 g/mol. The maximum absolute atomic E-state index is 6.17. The number of hydrogen-bond acceptors (Lipinski definition) is 10. The topological polar surface area (TPSA) is 157 Å². The fraction of sp³-hybridized carbons (Fsp3) is 0. The Morgan fingerprint density at radius 1 is 0.206 bits per heavy atom. The minimum atomic E-state index is 0. The van der Waals surface area contributed by atoms with Gasteiger partial charge >= 0.3 is 21.1 Å². The van der Waals surface area contributed by atoms with Gasteiger partial charge in [-0.15, -0.1) is 22.1 Å². The van der Waals surface area contributed by atoms with Crippen LogP contribution in [0.2, 0.25) is 0 Å². The minimum Gasteiger partial charge on any atom is -0.656 e. The molecule has 0 unspecified atom stereocenters.